The molecule has 1 aliphatic rings. The third kappa shape index (κ3) is 5.50. The first-order valence-corrected chi connectivity index (χ1v) is 8.77. The van der Waals surface area contributed by atoms with Crippen molar-refractivity contribution in [1.29, 1.82) is 0 Å². The van der Waals surface area contributed by atoms with Gasteiger partial charge in [0.2, 0.25) is 0 Å². The minimum absolute atomic E-state index is 0. The van der Waals surface area contributed by atoms with Crippen LogP contribution in [0, 0.1) is 17.8 Å². The van der Waals surface area contributed by atoms with Crippen LogP contribution in [-0.2, 0) is 5.60 Å². The number of aliphatic hydroxyl groups excluding tert-OH is 1. The largest absolute Gasteiger partial charge is 0.395 e. The van der Waals surface area contributed by atoms with Crippen molar-refractivity contribution in [2.45, 2.75) is 44.6 Å². The topological polar surface area (TPSA) is 43.7 Å². The van der Waals surface area contributed by atoms with Crippen LogP contribution in [0.25, 0.3) is 0 Å². The molecule has 1 atom stereocenters. The maximum Gasteiger partial charge on any atom is 0.103 e. The van der Waals surface area contributed by atoms with Crippen molar-refractivity contribution in [2.75, 3.05) is 26.2 Å². The van der Waals surface area contributed by atoms with E-state index in [2.05, 4.69) is 23.7 Å². The van der Waals surface area contributed by atoms with Gasteiger partial charge in [0.25, 0.3) is 0 Å². The standard InChI is InChI=1S/C20H29NO2.ClH/c1-2-21(16-17-22)15-9-8-14-20(23,19-12-6-7-13-19)18-10-4-3-5-11-18;/h3-5,10-11,19,22-23H,2,6-7,12-17H2,1H3;1H. The Balaban J connectivity index is 0.00000288. The molecule has 1 aromatic carbocycles. The number of nitrogens with zero attached hydrogens (tertiary/aromatic N) is 1. The van der Waals surface area contributed by atoms with Gasteiger partial charge >= 0.3 is 0 Å². The fraction of sp³-hybridized carbons (Fsp3) is 0.600. The van der Waals surface area contributed by atoms with Gasteiger partial charge in [-0.05, 0) is 30.9 Å². The van der Waals surface area contributed by atoms with Crippen molar-refractivity contribution in [2.24, 2.45) is 5.92 Å². The maximum atomic E-state index is 11.4. The minimum Gasteiger partial charge on any atom is -0.395 e. The summed E-state index contributed by atoms with van der Waals surface area (Å²) in [4.78, 5) is 2.10. The molecular weight excluding hydrogens is 322 g/mol. The first-order chi connectivity index (χ1) is 11.2. The number of halogens is 1. The van der Waals surface area contributed by atoms with Gasteiger partial charge < -0.3 is 10.2 Å². The zero-order chi connectivity index (χ0) is 16.5. The summed E-state index contributed by atoms with van der Waals surface area (Å²) < 4.78 is 0. The number of hydrogen-bond acceptors (Lipinski definition) is 3. The van der Waals surface area contributed by atoms with Crippen LogP contribution in [0.1, 0.15) is 44.6 Å². The van der Waals surface area contributed by atoms with E-state index in [0.717, 1.165) is 24.9 Å². The predicted molar refractivity (Wildman–Crippen MR) is 101 cm³/mol. The zero-order valence-electron chi connectivity index (χ0n) is 14.6. The minimum atomic E-state index is -0.835. The molecule has 1 unspecified atom stereocenters. The summed E-state index contributed by atoms with van der Waals surface area (Å²) in [5.41, 5.74) is 0.155. The number of aliphatic hydroxyl groups is 2. The van der Waals surface area contributed by atoms with Gasteiger partial charge in [0, 0.05) is 13.0 Å². The number of rotatable bonds is 7. The highest BCUT2D eigenvalue weighted by Gasteiger charge is 2.39. The molecular formula is C20H30ClNO2. The lowest BCUT2D eigenvalue weighted by Gasteiger charge is -2.33. The smallest absolute Gasteiger partial charge is 0.103 e. The second-order valence-electron chi connectivity index (χ2n) is 6.39. The van der Waals surface area contributed by atoms with Gasteiger partial charge in [-0.1, -0.05) is 61.9 Å². The molecule has 4 heteroatoms. The quantitative estimate of drug-likeness (QED) is 0.741. The Bertz CT molecular complexity index is 519. The van der Waals surface area contributed by atoms with E-state index in [1.54, 1.807) is 0 Å². The molecule has 1 aromatic rings. The van der Waals surface area contributed by atoms with Crippen LogP contribution in [0.2, 0.25) is 0 Å². The van der Waals surface area contributed by atoms with E-state index >= 15 is 0 Å². The van der Waals surface area contributed by atoms with E-state index < -0.39 is 5.60 Å². The monoisotopic (exact) mass is 351 g/mol. The molecule has 2 N–H and O–H groups in total. The molecule has 1 fully saturated rings. The van der Waals surface area contributed by atoms with E-state index in [9.17, 15) is 5.11 Å². The maximum absolute atomic E-state index is 11.4. The molecule has 1 aliphatic carbocycles. The van der Waals surface area contributed by atoms with Crippen LogP contribution in [0.4, 0.5) is 0 Å². The van der Waals surface area contributed by atoms with Gasteiger partial charge in [-0.3, -0.25) is 4.90 Å². The summed E-state index contributed by atoms with van der Waals surface area (Å²) in [7, 11) is 0. The third-order valence-electron chi connectivity index (χ3n) is 4.95. The molecule has 0 heterocycles. The van der Waals surface area contributed by atoms with E-state index in [0.29, 0.717) is 25.4 Å². The normalized spacial score (nSPS) is 17.0. The lowest BCUT2D eigenvalue weighted by atomic mass is 9.78. The van der Waals surface area contributed by atoms with E-state index in [1.807, 2.05) is 30.3 Å². The second kappa shape index (κ2) is 10.7. The molecule has 0 spiro atoms. The van der Waals surface area contributed by atoms with E-state index in [-0.39, 0.29) is 19.0 Å². The number of benzene rings is 1. The first kappa shape index (κ1) is 21.0. The van der Waals surface area contributed by atoms with E-state index in [1.165, 1.54) is 12.8 Å². The van der Waals surface area contributed by atoms with Crippen LogP contribution in [0.5, 0.6) is 0 Å². The van der Waals surface area contributed by atoms with Crippen LogP contribution < -0.4 is 0 Å². The van der Waals surface area contributed by atoms with Crippen molar-refractivity contribution in [3.63, 3.8) is 0 Å². The van der Waals surface area contributed by atoms with Gasteiger partial charge in [0.15, 0.2) is 0 Å². The van der Waals surface area contributed by atoms with Gasteiger partial charge in [-0.2, -0.15) is 0 Å². The molecule has 134 valence electrons. The Morgan fingerprint density at radius 3 is 2.42 bits per heavy atom. The van der Waals surface area contributed by atoms with Gasteiger partial charge in [-0.15, -0.1) is 12.4 Å². The van der Waals surface area contributed by atoms with E-state index in [4.69, 9.17) is 5.11 Å². The molecule has 24 heavy (non-hydrogen) atoms. The van der Waals surface area contributed by atoms with Gasteiger partial charge in [0.1, 0.15) is 5.60 Å². The lowest BCUT2D eigenvalue weighted by molar-refractivity contribution is -0.0173. The van der Waals surface area contributed by atoms with Crippen LogP contribution in [-0.4, -0.2) is 41.4 Å². The summed E-state index contributed by atoms with van der Waals surface area (Å²) in [6, 6.07) is 10.00. The fourth-order valence-electron chi connectivity index (χ4n) is 3.47. The highest BCUT2D eigenvalue weighted by atomic mass is 35.5. The van der Waals surface area contributed by atoms with Gasteiger partial charge in [-0.25, -0.2) is 0 Å². The fourth-order valence-corrected chi connectivity index (χ4v) is 3.47. The molecule has 0 radical (unpaired) electrons. The zero-order valence-corrected chi connectivity index (χ0v) is 15.4. The predicted octanol–water partition coefficient (Wildman–Crippen LogP) is 3.19. The van der Waals surface area contributed by atoms with Crippen molar-refractivity contribution < 1.29 is 10.2 Å². The highest BCUT2D eigenvalue weighted by Crippen LogP contribution is 2.42. The Labute approximate surface area is 152 Å². The molecule has 0 aromatic heterocycles. The van der Waals surface area contributed by atoms with Gasteiger partial charge in [0.05, 0.1) is 13.2 Å². The Morgan fingerprint density at radius 1 is 1.17 bits per heavy atom. The molecule has 0 saturated heterocycles. The average Bonchev–Trinajstić information content (AvgIpc) is 3.13. The molecule has 1 saturated carbocycles. The molecule has 3 nitrogen and oxygen atoms in total. The van der Waals surface area contributed by atoms with Crippen molar-refractivity contribution >= 4 is 12.4 Å². The van der Waals surface area contributed by atoms with Crippen LogP contribution in [0.15, 0.2) is 30.3 Å². The number of likely N-dealkylation sites (N-methyl/N-ethyl adjacent to an activating group) is 1. The molecule has 0 bridgehead atoms. The SMILES string of the molecule is CCN(CC#CCC(O)(c1ccccc1)C1CCCC1)CCO.Cl. The number of hydrogen-bond donors (Lipinski definition) is 2. The average molecular weight is 352 g/mol. The van der Waals surface area contributed by atoms with Crippen molar-refractivity contribution in [3.8, 4) is 11.8 Å². The molecule has 2 rings (SSSR count). The first-order valence-electron chi connectivity index (χ1n) is 8.77. The lowest BCUT2D eigenvalue weighted by Crippen LogP contribution is -2.33. The Kier molecular flexibility index (Phi) is 9.39. The van der Waals surface area contributed by atoms with Crippen LogP contribution in [0.3, 0.4) is 0 Å². The summed E-state index contributed by atoms with van der Waals surface area (Å²) in [5, 5.41) is 20.4. The summed E-state index contributed by atoms with van der Waals surface area (Å²) in [6.07, 6.45) is 5.05. The van der Waals surface area contributed by atoms with Crippen molar-refractivity contribution in [3.05, 3.63) is 35.9 Å². The summed E-state index contributed by atoms with van der Waals surface area (Å²) in [6.45, 7) is 4.39. The Morgan fingerprint density at radius 2 is 1.83 bits per heavy atom. The summed E-state index contributed by atoms with van der Waals surface area (Å²) >= 11 is 0. The highest BCUT2D eigenvalue weighted by molar-refractivity contribution is 5.85. The van der Waals surface area contributed by atoms with Crippen molar-refractivity contribution in [1.82, 2.24) is 4.90 Å². The van der Waals surface area contributed by atoms with Crippen LogP contribution >= 0.6 is 12.4 Å². The summed E-state index contributed by atoms with van der Waals surface area (Å²) in [5.74, 6) is 6.68. The molecule has 0 aliphatic heterocycles. The molecule has 0 amide bonds. The third-order valence-corrected chi connectivity index (χ3v) is 4.95. The Hall–Kier alpha value is -1.05. The second-order valence-corrected chi connectivity index (χ2v) is 6.39.